The number of carbonyl (C=O) groups excluding carboxylic acids is 2. The van der Waals surface area contributed by atoms with Gasteiger partial charge in [0.25, 0.3) is 5.56 Å². The molecule has 0 aliphatic rings. The Labute approximate surface area is 130 Å². The number of methoxy groups -OCH3 is 1. The Morgan fingerprint density at radius 3 is 2.82 bits per heavy atom. The molecule has 1 amide bonds. The maximum atomic E-state index is 11.9. The van der Waals surface area contributed by atoms with Crippen molar-refractivity contribution in [1.82, 2.24) is 15.1 Å². The van der Waals surface area contributed by atoms with E-state index in [1.54, 1.807) is 6.07 Å². The maximum Gasteiger partial charge on any atom is 0.328 e. The highest BCUT2D eigenvalue weighted by Gasteiger charge is 2.16. The summed E-state index contributed by atoms with van der Waals surface area (Å²) in [6.07, 6.45) is 0. The van der Waals surface area contributed by atoms with Crippen LogP contribution in [0, 0.1) is 0 Å². The lowest BCUT2D eigenvalue weighted by atomic mass is 10.3. The first-order chi connectivity index (χ1) is 10.5. The van der Waals surface area contributed by atoms with Crippen LogP contribution in [0.2, 0.25) is 0 Å². The Hall–Kier alpha value is -2.48. The Kier molecular flexibility index (Phi) is 5.05. The lowest BCUT2D eigenvalue weighted by Crippen LogP contribution is -2.42. The van der Waals surface area contributed by atoms with Gasteiger partial charge in [0.15, 0.2) is 0 Å². The normalized spacial score (nSPS) is 11.7. The van der Waals surface area contributed by atoms with Gasteiger partial charge in [-0.3, -0.25) is 9.59 Å². The lowest BCUT2D eigenvalue weighted by molar-refractivity contribution is -0.144. The van der Waals surface area contributed by atoms with E-state index < -0.39 is 17.9 Å². The molecule has 0 spiro atoms. The number of aromatic nitrogens is 2. The second kappa shape index (κ2) is 6.99. The van der Waals surface area contributed by atoms with Gasteiger partial charge in [-0.1, -0.05) is 6.07 Å². The van der Waals surface area contributed by atoms with Crippen molar-refractivity contribution in [1.29, 1.82) is 0 Å². The summed E-state index contributed by atoms with van der Waals surface area (Å²) in [5, 5.41) is 8.51. The molecule has 1 atom stereocenters. The fourth-order valence-corrected chi connectivity index (χ4v) is 2.47. The molecule has 2 aromatic heterocycles. The number of hydrogen-bond donors (Lipinski definition) is 1. The number of carbonyl (C=O) groups is 2. The molecule has 8 heteroatoms. The number of hydrogen-bond acceptors (Lipinski definition) is 6. The summed E-state index contributed by atoms with van der Waals surface area (Å²) in [6, 6.07) is 5.94. The van der Waals surface area contributed by atoms with Crippen molar-refractivity contribution in [3.8, 4) is 10.6 Å². The zero-order valence-electron chi connectivity index (χ0n) is 12.1. The summed E-state index contributed by atoms with van der Waals surface area (Å²) in [5.41, 5.74) is 0.226. The second-order valence-electron chi connectivity index (χ2n) is 4.50. The molecule has 7 nitrogen and oxygen atoms in total. The van der Waals surface area contributed by atoms with E-state index in [4.69, 9.17) is 0 Å². The Morgan fingerprint density at radius 1 is 1.41 bits per heavy atom. The molecule has 0 radical (unpaired) electrons. The molecule has 116 valence electrons. The van der Waals surface area contributed by atoms with Crippen LogP contribution in [0.1, 0.15) is 6.92 Å². The fourth-order valence-electron chi connectivity index (χ4n) is 1.78. The number of thiophene rings is 1. The van der Waals surface area contributed by atoms with E-state index in [-0.39, 0.29) is 12.1 Å². The van der Waals surface area contributed by atoms with Gasteiger partial charge < -0.3 is 10.1 Å². The summed E-state index contributed by atoms with van der Waals surface area (Å²) in [4.78, 5) is 35.8. The SMILES string of the molecule is COC(=O)[C@H](C)NC(=O)Cn1nc(-c2cccs2)ccc1=O. The van der Waals surface area contributed by atoms with Crippen LogP contribution in [0.25, 0.3) is 10.6 Å². The topological polar surface area (TPSA) is 90.3 Å². The van der Waals surface area contributed by atoms with Crippen molar-refractivity contribution in [2.24, 2.45) is 0 Å². The van der Waals surface area contributed by atoms with E-state index in [0.29, 0.717) is 5.69 Å². The Morgan fingerprint density at radius 2 is 2.18 bits per heavy atom. The molecular formula is C14H15N3O4S. The van der Waals surface area contributed by atoms with Gasteiger partial charge in [-0.25, -0.2) is 9.48 Å². The van der Waals surface area contributed by atoms with Gasteiger partial charge in [0, 0.05) is 6.07 Å². The van der Waals surface area contributed by atoms with Crippen LogP contribution in [0.15, 0.2) is 34.4 Å². The van der Waals surface area contributed by atoms with Crippen molar-refractivity contribution in [3.63, 3.8) is 0 Å². The molecule has 22 heavy (non-hydrogen) atoms. The molecule has 0 unspecified atom stereocenters. The summed E-state index contributed by atoms with van der Waals surface area (Å²) < 4.78 is 5.58. The fraction of sp³-hybridized carbons (Fsp3) is 0.286. The van der Waals surface area contributed by atoms with Crippen molar-refractivity contribution in [2.75, 3.05) is 7.11 Å². The third-order valence-corrected chi connectivity index (χ3v) is 3.76. The predicted molar refractivity (Wildman–Crippen MR) is 81.4 cm³/mol. The van der Waals surface area contributed by atoms with E-state index in [9.17, 15) is 14.4 Å². The summed E-state index contributed by atoms with van der Waals surface area (Å²) in [5.74, 6) is -1.04. The average Bonchev–Trinajstić information content (AvgIpc) is 3.02. The third kappa shape index (κ3) is 3.79. The van der Waals surface area contributed by atoms with Gasteiger partial charge in [-0.2, -0.15) is 5.10 Å². The first-order valence-electron chi connectivity index (χ1n) is 6.50. The van der Waals surface area contributed by atoms with Crippen molar-refractivity contribution < 1.29 is 14.3 Å². The zero-order chi connectivity index (χ0) is 16.1. The molecule has 0 aromatic carbocycles. The minimum atomic E-state index is -0.784. The molecule has 0 saturated heterocycles. The van der Waals surface area contributed by atoms with Gasteiger partial charge in [0.1, 0.15) is 18.3 Å². The molecule has 0 aliphatic carbocycles. The lowest BCUT2D eigenvalue weighted by Gasteiger charge is -2.12. The molecule has 1 N–H and O–H groups in total. The number of nitrogens with zero attached hydrogens (tertiary/aromatic N) is 2. The number of ether oxygens (including phenoxy) is 1. The van der Waals surface area contributed by atoms with Gasteiger partial charge in [-0.15, -0.1) is 11.3 Å². The van der Waals surface area contributed by atoms with Gasteiger partial charge in [0.2, 0.25) is 5.91 Å². The number of rotatable bonds is 5. The first kappa shape index (κ1) is 15.9. The quantitative estimate of drug-likeness (QED) is 0.817. The van der Waals surface area contributed by atoms with Crippen LogP contribution in [-0.2, 0) is 20.9 Å². The van der Waals surface area contributed by atoms with Crippen LogP contribution >= 0.6 is 11.3 Å². The monoisotopic (exact) mass is 321 g/mol. The maximum absolute atomic E-state index is 11.9. The van der Waals surface area contributed by atoms with E-state index in [1.165, 1.54) is 31.4 Å². The smallest absolute Gasteiger partial charge is 0.328 e. The van der Waals surface area contributed by atoms with Crippen LogP contribution < -0.4 is 10.9 Å². The van der Waals surface area contributed by atoms with E-state index in [2.05, 4.69) is 15.2 Å². The highest BCUT2D eigenvalue weighted by molar-refractivity contribution is 7.13. The molecule has 2 rings (SSSR count). The van der Waals surface area contributed by atoms with Crippen molar-refractivity contribution >= 4 is 23.2 Å². The molecule has 0 saturated carbocycles. The summed E-state index contributed by atoms with van der Waals surface area (Å²) >= 11 is 1.49. The standard InChI is InChI=1S/C14H15N3O4S/c1-9(14(20)21-2)15-12(18)8-17-13(19)6-5-10(16-17)11-4-3-7-22-11/h3-7,9H,8H2,1-2H3,(H,15,18)/t9-/m0/s1. The minimum absolute atomic E-state index is 0.265. The number of nitrogens with one attached hydrogen (secondary N) is 1. The molecule has 0 fully saturated rings. The van der Waals surface area contributed by atoms with Crippen LogP contribution in [0.4, 0.5) is 0 Å². The minimum Gasteiger partial charge on any atom is -0.467 e. The molecule has 0 bridgehead atoms. The Bertz CT molecular complexity index is 724. The zero-order valence-corrected chi connectivity index (χ0v) is 12.9. The largest absolute Gasteiger partial charge is 0.467 e. The van der Waals surface area contributed by atoms with Gasteiger partial charge >= 0.3 is 5.97 Å². The van der Waals surface area contributed by atoms with Crippen LogP contribution in [-0.4, -0.2) is 34.8 Å². The van der Waals surface area contributed by atoms with Crippen LogP contribution in [0.5, 0.6) is 0 Å². The van der Waals surface area contributed by atoms with E-state index >= 15 is 0 Å². The van der Waals surface area contributed by atoms with Gasteiger partial charge in [-0.05, 0) is 24.4 Å². The third-order valence-electron chi connectivity index (χ3n) is 2.87. The predicted octanol–water partition coefficient (Wildman–Crippen LogP) is 0.649. The molecule has 2 heterocycles. The van der Waals surface area contributed by atoms with Gasteiger partial charge in [0.05, 0.1) is 12.0 Å². The molecular weight excluding hydrogens is 306 g/mol. The van der Waals surface area contributed by atoms with Crippen LogP contribution in [0.3, 0.4) is 0 Å². The number of esters is 1. The highest BCUT2D eigenvalue weighted by atomic mass is 32.1. The molecule has 2 aromatic rings. The first-order valence-corrected chi connectivity index (χ1v) is 7.38. The van der Waals surface area contributed by atoms with Crippen molar-refractivity contribution in [2.45, 2.75) is 19.5 Å². The number of amides is 1. The average molecular weight is 321 g/mol. The van der Waals surface area contributed by atoms with E-state index in [1.807, 2.05) is 17.5 Å². The molecule has 0 aliphatic heterocycles. The van der Waals surface area contributed by atoms with Crippen molar-refractivity contribution in [3.05, 3.63) is 40.0 Å². The Balaban J connectivity index is 2.12. The highest BCUT2D eigenvalue weighted by Crippen LogP contribution is 2.20. The second-order valence-corrected chi connectivity index (χ2v) is 5.45. The van der Waals surface area contributed by atoms with E-state index in [0.717, 1.165) is 9.56 Å². The summed E-state index contributed by atoms with van der Waals surface area (Å²) in [6.45, 7) is 1.24. The summed E-state index contributed by atoms with van der Waals surface area (Å²) in [7, 11) is 1.24.